The SMILES string of the molecule is O=C(O)c1cccc(-c2ccc3ccccc3c2)n1. The third-order valence-corrected chi connectivity index (χ3v) is 3.01. The van der Waals surface area contributed by atoms with E-state index in [4.69, 9.17) is 5.11 Å². The number of carboxylic acids is 1. The molecule has 3 heteroatoms. The highest BCUT2D eigenvalue weighted by Crippen LogP contribution is 2.23. The van der Waals surface area contributed by atoms with Crippen molar-refractivity contribution in [3.8, 4) is 11.3 Å². The summed E-state index contributed by atoms with van der Waals surface area (Å²) in [6.07, 6.45) is 0. The number of carbonyl (C=O) groups is 1. The number of rotatable bonds is 2. The third kappa shape index (κ3) is 2.18. The number of aromatic carboxylic acids is 1. The van der Waals surface area contributed by atoms with Crippen LogP contribution in [0.4, 0.5) is 0 Å². The lowest BCUT2D eigenvalue weighted by atomic mass is 10.0. The quantitative estimate of drug-likeness (QED) is 0.754. The minimum absolute atomic E-state index is 0.0608. The molecule has 0 fully saturated rings. The first-order valence-electron chi connectivity index (χ1n) is 5.93. The second-order valence-electron chi connectivity index (χ2n) is 4.28. The highest BCUT2D eigenvalue weighted by molar-refractivity contribution is 5.88. The van der Waals surface area contributed by atoms with E-state index in [9.17, 15) is 4.79 Å². The van der Waals surface area contributed by atoms with Crippen molar-refractivity contribution in [2.45, 2.75) is 0 Å². The number of fused-ring (bicyclic) bond motifs is 1. The van der Waals surface area contributed by atoms with Crippen LogP contribution in [0.5, 0.6) is 0 Å². The van der Waals surface area contributed by atoms with E-state index in [1.165, 1.54) is 6.07 Å². The largest absolute Gasteiger partial charge is 0.477 e. The normalized spacial score (nSPS) is 10.5. The summed E-state index contributed by atoms with van der Waals surface area (Å²) in [5.74, 6) is -1.01. The highest BCUT2D eigenvalue weighted by atomic mass is 16.4. The van der Waals surface area contributed by atoms with Crippen LogP contribution in [0.25, 0.3) is 22.0 Å². The van der Waals surface area contributed by atoms with E-state index in [0.29, 0.717) is 5.69 Å². The minimum Gasteiger partial charge on any atom is -0.477 e. The van der Waals surface area contributed by atoms with E-state index >= 15 is 0 Å². The van der Waals surface area contributed by atoms with Crippen LogP contribution < -0.4 is 0 Å². The van der Waals surface area contributed by atoms with Crippen LogP contribution >= 0.6 is 0 Å². The van der Waals surface area contributed by atoms with Crippen LogP contribution in [0.3, 0.4) is 0 Å². The van der Waals surface area contributed by atoms with Crippen LogP contribution in [-0.2, 0) is 0 Å². The molecule has 3 nitrogen and oxygen atoms in total. The van der Waals surface area contributed by atoms with Crippen LogP contribution in [0, 0.1) is 0 Å². The number of pyridine rings is 1. The molecule has 1 aromatic heterocycles. The number of hydrogen-bond donors (Lipinski definition) is 1. The summed E-state index contributed by atoms with van der Waals surface area (Å²) in [4.78, 5) is 15.1. The van der Waals surface area contributed by atoms with Crippen molar-refractivity contribution in [3.63, 3.8) is 0 Å². The summed E-state index contributed by atoms with van der Waals surface area (Å²) in [5, 5.41) is 11.2. The van der Waals surface area contributed by atoms with Crippen molar-refractivity contribution in [1.29, 1.82) is 0 Å². The van der Waals surface area contributed by atoms with Gasteiger partial charge < -0.3 is 5.11 Å². The second kappa shape index (κ2) is 4.53. The minimum atomic E-state index is -1.01. The molecule has 0 saturated heterocycles. The predicted octanol–water partition coefficient (Wildman–Crippen LogP) is 3.60. The molecule has 0 spiro atoms. The first kappa shape index (κ1) is 11.4. The van der Waals surface area contributed by atoms with Crippen molar-refractivity contribution < 1.29 is 9.90 Å². The molecular weight excluding hydrogens is 238 g/mol. The van der Waals surface area contributed by atoms with Gasteiger partial charge in [0.05, 0.1) is 5.69 Å². The van der Waals surface area contributed by atoms with E-state index in [1.807, 2.05) is 48.5 Å². The second-order valence-corrected chi connectivity index (χ2v) is 4.28. The molecule has 0 aliphatic carbocycles. The Kier molecular flexibility index (Phi) is 2.72. The van der Waals surface area contributed by atoms with Gasteiger partial charge in [0.1, 0.15) is 5.69 Å². The summed E-state index contributed by atoms with van der Waals surface area (Å²) >= 11 is 0. The molecule has 1 N–H and O–H groups in total. The zero-order valence-electron chi connectivity index (χ0n) is 10.1. The van der Waals surface area contributed by atoms with Crippen LogP contribution in [0.15, 0.2) is 60.7 Å². The monoisotopic (exact) mass is 249 g/mol. The van der Waals surface area contributed by atoms with Gasteiger partial charge in [-0.25, -0.2) is 9.78 Å². The average molecular weight is 249 g/mol. The van der Waals surface area contributed by atoms with Crippen LogP contribution in [0.1, 0.15) is 10.5 Å². The molecular formula is C16H11NO2. The number of carboxylic acid groups (broad SMARTS) is 1. The predicted molar refractivity (Wildman–Crippen MR) is 74.1 cm³/mol. The van der Waals surface area contributed by atoms with E-state index < -0.39 is 5.97 Å². The Morgan fingerprint density at radius 3 is 2.47 bits per heavy atom. The average Bonchev–Trinajstić information content (AvgIpc) is 2.47. The molecule has 0 aliphatic rings. The van der Waals surface area contributed by atoms with Gasteiger partial charge in [-0.3, -0.25) is 0 Å². The van der Waals surface area contributed by atoms with Gasteiger partial charge in [-0.05, 0) is 29.0 Å². The first-order chi connectivity index (χ1) is 9.24. The molecule has 0 unspecified atom stereocenters. The Morgan fingerprint density at radius 1 is 0.895 bits per heavy atom. The third-order valence-electron chi connectivity index (χ3n) is 3.01. The fraction of sp³-hybridized carbons (Fsp3) is 0. The smallest absolute Gasteiger partial charge is 0.354 e. The fourth-order valence-corrected chi connectivity index (χ4v) is 2.06. The molecule has 2 aromatic carbocycles. The number of nitrogens with zero attached hydrogens (tertiary/aromatic N) is 1. The van der Waals surface area contributed by atoms with Crippen molar-refractivity contribution in [1.82, 2.24) is 4.98 Å². The first-order valence-corrected chi connectivity index (χ1v) is 5.93. The van der Waals surface area contributed by atoms with Gasteiger partial charge >= 0.3 is 5.97 Å². The van der Waals surface area contributed by atoms with Gasteiger partial charge in [-0.1, -0.05) is 42.5 Å². The molecule has 0 atom stereocenters. The fourth-order valence-electron chi connectivity index (χ4n) is 2.06. The Balaban J connectivity index is 2.13. The standard InChI is InChI=1S/C16H11NO2/c18-16(19)15-7-3-6-14(17-15)13-9-8-11-4-1-2-5-12(11)10-13/h1-10H,(H,18,19). The molecule has 0 bridgehead atoms. The maximum Gasteiger partial charge on any atom is 0.354 e. The van der Waals surface area contributed by atoms with Crippen LogP contribution in [0.2, 0.25) is 0 Å². The molecule has 0 radical (unpaired) electrons. The zero-order chi connectivity index (χ0) is 13.2. The van der Waals surface area contributed by atoms with Crippen molar-refractivity contribution >= 4 is 16.7 Å². The Hall–Kier alpha value is -2.68. The zero-order valence-corrected chi connectivity index (χ0v) is 10.1. The lowest BCUT2D eigenvalue weighted by molar-refractivity contribution is 0.0690. The van der Waals surface area contributed by atoms with Crippen molar-refractivity contribution in [3.05, 3.63) is 66.4 Å². The van der Waals surface area contributed by atoms with Gasteiger partial charge in [-0.15, -0.1) is 0 Å². The highest BCUT2D eigenvalue weighted by Gasteiger charge is 2.06. The van der Waals surface area contributed by atoms with E-state index in [2.05, 4.69) is 4.98 Å². The number of benzene rings is 2. The Morgan fingerprint density at radius 2 is 1.68 bits per heavy atom. The lowest BCUT2D eigenvalue weighted by Crippen LogP contribution is -2.00. The number of aromatic nitrogens is 1. The molecule has 3 rings (SSSR count). The van der Waals surface area contributed by atoms with Gasteiger partial charge in [0, 0.05) is 5.56 Å². The van der Waals surface area contributed by atoms with Gasteiger partial charge in [-0.2, -0.15) is 0 Å². The Labute approximate surface area is 110 Å². The summed E-state index contributed by atoms with van der Waals surface area (Å²) in [5.41, 5.74) is 1.65. The van der Waals surface area contributed by atoms with Crippen LogP contribution in [-0.4, -0.2) is 16.1 Å². The van der Waals surface area contributed by atoms with Gasteiger partial charge in [0.15, 0.2) is 0 Å². The van der Waals surface area contributed by atoms with Crippen molar-refractivity contribution in [2.75, 3.05) is 0 Å². The van der Waals surface area contributed by atoms with Gasteiger partial charge in [0.25, 0.3) is 0 Å². The molecule has 0 saturated carbocycles. The Bertz CT molecular complexity index is 765. The summed E-state index contributed by atoms with van der Waals surface area (Å²) in [7, 11) is 0. The molecule has 19 heavy (non-hydrogen) atoms. The van der Waals surface area contributed by atoms with E-state index in [0.717, 1.165) is 16.3 Å². The molecule has 0 amide bonds. The molecule has 1 heterocycles. The summed E-state index contributed by atoms with van der Waals surface area (Å²) in [6.45, 7) is 0. The summed E-state index contributed by atoms with van der Waals surface area (Å²) < 4.78 is 0. The maximum absolute atomic E-state index is 10.9. The van der Waals surface area contributed by atoms with E-state index in [1.54, 1.807) is 6.07 Å². The summed E-state index contributed by atoms with van der Waals surface area (Å²) in [6, 6.07) is 19.0. The molecule has 92 valence electrons. The maximum atomic E-state index is 10.9. The van der Waals surface area contributed by atoms with Gasteiger partial charge in [0.2, 0.25) is 0 Å². The van der Waals surface area contributed by atoms with E-state index in [-0.39, 0.29) is 5.69 Å². The number of hydrogen-bond acceptors (Lipinski definition) is 2. The van der Waals surface area contributed by atoms with Crippen molar-refractivity contribution in [2.24, 2.45) is 0 Å². The topological polar surface area (TPSA) is 50.2 Å². The molecule has 0 aliphatic heterocycles. The molecule has 3 aromatic rings. The lowest BCUT2D eigenvalue weighted by Gasteiger charge is -2.04.